The van der Waals surface area contributed by atoms with Gasteiger partial charge < -0.3 is 15.8 Å². The van der Waals surface area contributed by atoms with Crippen molar-refractivity contribution in [1.29, 1.82) is 0 Å². The summed E-state index contributed by atoms with van der Waals surface area (Å²) in [4.78, 5) is 26.4. The molecule has 0 aromatic carbocycles. The van der Waals surface area contributed by atoms with Gasteiger partial charge in [-0.2, -0.15) is 0 Å². The lowest BCUT2D eigenvalue weighted by Crippen LogP contribution is -2.33. The molecule has 0 bridgehead atoms. The minimum absolute atomic E-state index is 0.162. The predicted octanol–water partition coefficient (Wildman–Crippen LogP) is 0.459. The van der Waals surface area contributed by atoms with Gasteiger partial charge in [0.1, 0.15) is 13.2 Å². The highest BCUT2D eigenvalue weighted by molar-refractivity contribution is 5.79. The van der Waals surface area contributed by atoms with Crippen molar-refractivity contribution < 1.29 is 14.3 Å². The van der Waals surface area contributed by atoms with Gasteiger partial charge in [-0.05, 0) is 25.0 Å². The van der Waals surface area contributed by atoms with Crippen LogP contribution in [0.1, 0.15) is 30.6 Å². The second kappa shape index (κ2) is 7.48. The van der Waals surface area contributed by atoms with Gasteiger partial charge in [0.2, 0.25) is 11.8 Å². The summed E-state index contributed by atoms with van der Waals surface area (Å²) in [6, 6.07) is 3.67. The fraction of sp³-hybridized carbons (Fsp3) is 0.462. The Kier molecular flexibility index (Phi) is 5.95. The molecule has 0 radical (unpaired) electrons. The van der Waals surface area contributed by atoms with Crippen LogP contribution in [0, 0.1) is 6.92 Å². The second-order valence-electron chi connectivity index (χ2n) is 4.25. The molecule has 1 aromatic rings. The van der Waals surface area contributed by atoms with Crippen molar-refractivity contribution >= 4 is 11.8 Å². The first kappa shape index (κ1) is 15.1. The first-order chi connectivity index (χ1) is 9.02. The minimum atomic E-state index is -0.597. The predicted molar refractivity (Wildman–Crippen MR) is 70.2 cm³/mol. The molecule has 0 aliphatic heterocycles. The van der Waals surface area contributed by atoms with Crippen molar-refractivity contribution in [2.24, 2.45) is 5.73 Å². The highest BCUT2D eigenvalue weighted by Gasteiger charge is 2.13. The lowest BCUT2D eigenvalue weighted by molar-refractivity contribution is -0.130. The molecule has 0 unspecified atom stereocenters. The number of nitrogens with zero attached hydrogens (tertiary/aromatic N) is 1. The maximum Gasteiger partial charge on any atom is 0.246 e. The van der Waals surface area contributed by atoms with Crippen molar-refractivity contribution in [2.45, 2.75) is 26.3 Å². The molecule has 6 nitrogen and oxygen atoms in total. The van der Waals surface area contributed by atoms with Crippen LogP contribution in [0.2, 0.25) is 0 Å². The van der Waals surface area contributed by atoms with Crippen LogP contribution in [-0.2, 0) is 14.3 Å². The topological polar surface area (TPSA) is 94.3 Å². The summed E-state index contributed by atoms with van der Waals surface area (Å²) in [5.74, 6) is -0.893. The Morgan fingerprint density at radius 1 is 1.42 bits per heavy atom. The highest BCUT2D eigenvalue weighted by Crippen LogP contribution is 2.13. The molecule has 1 aromatic heterocycles. The first-order valence-electron chi connectivity index (χ1n) is 6.11. The maximum atomic E-state index is 11.6. The molecular weight excluding hydrogens is 246 g/mol. The number of nitrogens with two attached hydrogens (primary N) is 1. The smallest absolute Gasteiger partial charge is 0.246 e. The Morgan fingerprint density at radius 3 is 2.68 bits per heavy atom. The third kappa shape index (κ3) is 5.48. The van der Waals surface area contributed by atoms with Gasteiger partial charge in [-0.15, -0.1) is 0 Å². The lowest BCUT2D eigenvalue weighted by atomic mass is 10.1. The maximum absolute atomic E-state index is 11.6. The van der Waals surface area contributed by atoms with Gasteiger partial charge in [0.25, 0.3) is 0 Å². The number of hydrogen-bond donors (Lipinski definition) is 2. The summed E-state index contributed by atoms with van der Waals surface area (Å²) < 4.78 is 4.85. The molecule has 104 valence electrons. The van der Waals surface area contributed by atoms with Crippen LogP contribution in [0.3, 0.4) is 0 Å². The number of hydrogen-bond acceptors (Lipinski definition) is 4. The van der Waals surface area contributed by atoms with Crippen molar-refractivity contribution in [1.82, 2.24) is 10.3 Å². The van der Waals surface area contributed by atoms with E-state index in [4.69, 9.17) is 10.5 Å². The molecule has 1 atom stereocenters. The van der Waals surface area contributed by atoms with E-state index in [-0.39, 0.29) is 25.2 Å². The van der Waals surface area contributed by atoms with E-state index in [0.717, 1.165) is 17.7 Å². The zero-order chi connectivity index (χ0) is 14.3. The normalized spacial score (nSPS) is 11.9. The molecule has 0 fully saturated rings. The van der Waals surface area contributed by atoms with E-state index in [9.17, 15) is 9.59 Å². The molecule has 0 saturated carbocycles. The number of amides is 2. The zero-order valence-electron chi connectivity index (χ0n) is 11.2. The standard InChI is InChI=1S/C13H19N3O3/c1-3-10(11-5-4-9(2)6-15-11)16-13(18)8-19-7-12(14)17/h4-6,10H,3,7-8H2,1-2H3,(H2,14,17)(H,16,18)/t10-/m0/s1. The SMILES string of the molecule is CC[C@H](NC(=O)COCC(N)=O)c1ccc(C)cn1. The monoisotopic (exact) mass is 265 g/mol. The van der Waals surface area contributed by atoms with Gasteiger partial charge in [-0.1, -0.05) is 13.0 Å². The largest absolute Gasteiger partial charge is 0.368 e. The molecule has 3 N–H and O–H groups in total. The highest BCUT2D eigenvalue weighted by atomic mass is 16.5. The number of aryl methyl sites for hydroxylation is 1. The number of primary amides is 1. The van der Waals surface area contributed by atoms with E-state index < -0.39 is 5.91 Å². The summed E-state index contributed by atoms with van der Waals surface area (Å²) in [6.45, 7) is 3.46. The van der Waals surface area contributed by atoms with E-state index >= 15 is 0 Å². The summed E-state index contributed by atoms with van der Waals surface area (Å²) in [5, 5.41) is 2.80. The molecule has 1 heterocycles. The van der Waals surface area contributed by atoms with Gasteiger partial charge in [0, 0.05) is 6.20 Å². The van der Waals surface area contributed by atoms with E-state index in [1.54, 1.807) is 6.20 Å². The molecular formula is C13H19N3O3. The van der Waals surface area contributed by atoms with E-state index in [1.807, 2.05) is 26.0 Å². The fourth-order valence-corrected chi connectivity index (χ4v) is 1.55. The molecule has 0 aliphatic rings. The molecule has 0 spiro atoms. The number of nitrogens with one attached hydrogen (secondary N) is 1. The summed E-state index contributed by atoms with van der Waals surface area (Å²) in [6.07, 6.45) is 2.48. The van der Waals surface area contributed by atoms with Crippen LogP contribution in [0.4, 0.5) is 0 Å². The summed E-state index contributed by atoms with van der Waals surface area (Å²) in [7, 11) is 0. The minimum Gasteiger partial charge on any atom is -0.368 e. The Labute approximate surface area is 112 Å². The van der Waals surface area contributed by atoms with Crippen molar-refractivity contribution in [2.75, 3.05) is 13.2 Å². The van der Waals surface area contributed by atoms with Gasteiger partial charge >= 0.3 is 0 Å². The molecule has 6 heteroatoms. The van der Waals surface area contributed by atoms with Crippen LogP contribution >= 0.6 is 0 Å². The average Bonchev–Trinajstić information content (AvgIpc) is 2.36. The molecule has 0 aliphatic carbocycles. The average molecular weight is 265 g/mol. The Morgan fingerprint density at radius 2 is 2.16 bits per heavy atom. The number of carbonyl (C=O) groups is 2. The number of carbonyl (C=O) groups excluding carboxylic acids is 2. The van der Waals surface area contributed by atoms with Crippen LogP contribution in [0.15, 0.2) is 18.3 Å². The van der Waals surface area contributed by atoms with Gasteiger partial charge in [-0.25, -0.2) is 0 Å². The fourth-order valence-electron chi connectivity index (χ4n) is 1.55. The number of aromatic nitrogens is 1. The van der Waals surface area contributed by atoms with Crippen molar-refractivity contribution in [3.05, 3.63) is 29.6 Å². The first-order valence-corrected chi connectivity index (χ1v) is 6.11. The van der Waals surface area contributed by atoms with Crippen molar-refractivity contribution in [3.8, 4) is 0 Å². The van der Waals surface area contributed by atoms with Gasteiger partial charge in [-0.3, -0.25) is 14.6 Å². The number of pyridine rings is 1. The van der Waals surface area contributed by atoms with Crippen LogP contribution in [0.25, 0.3) is 0 Å². The lowest BCUT2D eigenvalue weighted by Gasteiger charge is -2.16. The van der Waals surface area contributed by atoms with E-state index in [1.165, 1.54) is 0 Å². The van der Waals surface area contributed by atoms with Crippen LogP contribution in [0.5, 0.6) is 0 Å². The Hall–Kier alpha value is -1.95. The number of rotatable bonds is 7. The Balaban J connectivity index is 2.50. The van der Waals surface area contributed by atoms with E-state index in [0.29, 0.717) is 0 Å². The summed E-state index contributed by atoms with van der Waals surface area (Å²) >= 11 is 0. The summed E-state index contributed by atoms with van der Waals surface area (Å²) in [5.41, 5.74) is 6.77. The molecule has 1 rings (SSSR count). The zero-order valence-corrected chi connectivity index (χ0v) is 11.2. The molecule has 0 saturated heterocycles. The second-order valence-corrected chi connectivity index (χ2v) is 4.25. The quantitative estimate of drug-likeness (QED) is 0.748. The molecule has 19 heavy (non-hydrogen) atoms. The van der Waals surface area contributed by atoms with Gasteiger partial charge in [0.05, 0.1) is 11.7 Å². The van der Waals surface area contributed by atoms with Crippen LogP contribution < -0.4 is 11.1 Å². The van der Waals surface area contributed by atoms with Crippen LogP contribution in [-0.4, -0.2) is 30.0 Å². The van der Waals surface area contributed by atoms with Crippen molar-refractivity contribution in [3.63, 3.8) is 0 Å². The van der Waals surface area contributed by atoms with Gasteiger partial charge in [0.15, 0.2) is 0 Å². The molecule has 2 amide bonds. The number of ether oxygens (including phenoxy) is 1. The third-order valence-electron chi connectivity index (χ3n) is 2.51. The third-order valence-corrected chi connectivity index (χ3v) is 2.51. The van der Waals surface area contributed by atoms with E-state index in [2.05, 4.69) is 10.3 Å². The Bertz CT molecular complexity index is 431.